The fraction of sp³-hybridized carbons (Fsp3) is 0.316. The smallest absolute Gasteiger partial charge is 0.255 e. The summed E-state index contributed by atoms with van der Waals surface area (Å²) in [6.45, 7) is 4.46. The van der Waals surface area contributed by atoms with E-state index in [1.165, 1.54) is 10.6 Å². The van der Waals surface area contributed by atoms with E-state index in [1.54, 1.807) is 18.2 Å². The number of fused-ring (bicyclic) bond motifs is 1. The third kappa shape index (κ3) is 3.85. The summed E-state index contributed by atoms with van der Waals surface area (Å²) < 4.78 is 25.3. The number of aryl methyl sites for hydroxylation is 3. The highest BCUT2D eigenvalue weighted by molar-refractivity contribution is 7.92. The number of hydrogen-bond acceptors (Lipinski definition) is 3. The lowest BCUT2D eigenvalue weighted by Crippen LogP contribution is -2.34. The Bertz CT molecular complexity index is 915. The van der Waals surface area contributed by atoms with Crippen molar-refractivity contribution in [1.82, 2.24) is 0 Å². The molecule has 0 aliphatic carbocycles. The number of carbonyl (C=O) groups excluding carboxylic acids is 1. The molecule has 1 aliphatic heterocycles. The van der Waals surface area contributed by atoms with Gasteiger partial charge in [0.1, 0.15) is 0 Å². The Labute approximate surface area is 148 Å². The molecule has 1 aliphatic rings. The molecule has 3 rings (SSSR count). The summed E-state index contributed by atoms with van der Waals surface area (Å²) in [7, 11) is -3.30. The lowest BCUT2D eigenvalue weighted by Gasteiger charge is -2.29. The number of sulfonamides is 1. The van der Waals surface area contributed by atoms with Crippen molar-refractivity contribution in [3.05, 3.63) is 58.7 Å². The lowest BCUT2D eigenvalue weighted by atomic mass is 10.0. The van der Waals surface area contributed by atoms with Crippen molar-refractivity contribution in [3.8, 4) is 0 Å². The van der Waals surface area contributed by atoms with Crippen molar-refractivity contribution in [2.24, 2.45) is 0 Å². The van der Waals surface area contributed by atoms with Gasteiger partial charge < -0.3 is 5.32 Å². The van der Waals surface area contributed by atoms with E-state index in [9.17, 15) is 13.2 Å². The first-order valence-electron chi connectivity index (χ1n) is 8.24. The van der Waals surface area contributed by atoms with Gasteiger partial charge >= 0.3 is 0 Å². The number of amides is 1. The average Bonchev–Trinajstić information content (AvgIpc) is 2.51. The maximum Gasteiger partial charge on any atom is 0.255 e. The fourth-order valence-electron chi connectivity index (χ4n) is 3.30. The Morgan fingerprint density at radius 2 is 1.76 bits per heavy atom. The monoisotopic (exact) mass is 358 g/mol. The molecule has 0 saturated carbocycles. The molecule has 2 aromatic carbocycles. The summed E-state index contributed by atoms with van der Waals surface area (Å²) in [5.74, 6) is -0.190. The third-order valence-corrected chi connectivity index (χ3v) is 5.48. The number of nitrogens with one attached hydrogen (secondary N) is 1. The maximum absolute atomic E-state index is 12.6. The first kappa shape index (κ1) is 17.5. The molecule has 0 bridgehead atoms. The molecule has 6 heteroatoms. The van der Waals surface area contributed by atoms with Crippen LogP contribution >= 0.6 is 0 Å². The molecule has 0 unspecified atom stereocenters. The Balaban J connectivity index is 1.88. The van der Waals surface area contributed by atoms with Crippen molar-refractivity contribution in [3.63, 3.8) is 0 Å². The highest BCUT2D eigenvalue weighted by Crippen LogP contribution is 2.30. The summed E-state index contributed by atoms with van der Waals surface area (Å²) in [4.78, 5) is 12.6. The third-order valence-electron chi connectivity index (χ3n) is 4.30. The molecule has 0 radical (unpaired) electrons. The molecule has 0 atom stereocenters. The molecular weight excluding hydrogens is 336 g/mol. The topological polar surface area (TPSA) is 66.5 Å². The van der Waals surface area contributed by atoms with Crippen molar-refractivity contribution in [2.75, 3.05) is 22.4 Å². The van der Waals surface area contributed by atoms with Crippen LogP contribution in [0.2, 0.25) is 0 Å². The van der Waals surface area contributed by atoms with Gasteiger partial charge in [-0.1, -0.05) is 6.07 Å². The summed E-state index contributed by atoms with van der Waals surface area (Å²) in [6, 6.07) is 11.1. The van der Waals surface area contributed by atoms with E-state index in [0.717, 1.165) is 35.2 Å². The van der Waals surface area contributed by atoms with E-state index in [-0.39, 0.29) is 5.91 Å². The number of nitrogens with zero attached hydrogens (tertiary/aromatic N) is 1. The summed E-state index contributed by atoms with van der Waals surface area (Å²) >= 11 is 0. The number of hydrogen-bond donors (Lipinski definition) is 1. The van der Waals surface area contributed by atoms with E-state index in [1.807, 2.05) is 32.0 Å². The molecule has 0 saturated heterocycles. The minimum Gasteiger partial charge on any atom is -0.322 e. The number of rotatable bonds is 3. The lowest BCUT2D eigenvalue weighted by molar-refractivity contribution is 0.102. The largest absolute Gasteiger partial charge is 0.322 e. The van der Waals surface area contributed by atoms with Gasteiger partial charge in [0.15, 0.2) is 0 Å². The van der Waals surface area contributed by atoms with Crippen LogP contribution in [0.5, 0.6) is 0 Å². The molecule has 0 aromatic heterocycles. The minimum absolute atomic E-state index is 0.190. The maximum atomic E-state index is 12.6. The average molecular weight is 358 g/mol. The highest BCUT2D eigenvalue weighted by atomic mass is 32.2. The summed E-state index contributed by atoms with van der Waals surface area (Å²) in [5.41, 5.74) is 5.04. The molecule has 25 heavy (non-hydrogen) atoms. The van der Waals surface area contributed by atoms with Gasteiger partial charge in [-0.05, 0) is 73.7 Å². The Morgan fingerprint density at radius 1 is 1.08 bits per heavy atom. The first-order chi connectivity index (χ1) is 11.7. The molecule has 132 valence electrons. The van der Waals surface area contributed by atoms with Crippen LogP contribution in [0.3, 0.4) is 0 Å². The Morgan fingerprint density at radius 3 is 2.40 bits per heavy atom. The minimum atomic E-state index is -3.30. The van der Waals surface area contributed by atoms with Gasteiger partial charge in [-0.2, -0.15) is 0 Å². The SMILES string of the molecule is Cc1cc(C)cc(NC(=O)c2ccc3c(c2)CCCN3S(C)(=O)=O)c1. The van der Waals surface area contributed by atoms with Crippen molar-refractivity contribution >= 4 is 27.3 Å². The Kier molecular flexibility index (Phi) is 4.56. The van der Waals surface area contributed by atoms with Gasteiger partial charge in [-0.25, -0.2) is 8.42 Å². The molecule has 2 aromatic rings. The van der Waals surface area contributed by atoms with Gasteiger partial charge in [0.05, 0.1) is 11.9 Å². The van der Waals surface area contributed by atoms with Crippen molar-refractivity contribution in [1.29, 1.82) is 0 Å². The van der Waals surface area contributed by atoms with Crippen LogP contribution in [-0.2, 0) is 16.4 Å². The molecule has 1 amide bonds. The Hall–Kier alpha value is -2.34. The van der Waals surface area contributed by atoms with Crippen LogP contribution < -0.4 is 9.62 Å². The van der Waals surface area contributed by atoms with E-state index >= 15 is 0 Å². The van der Waals surface area contributed by atoms with Crippen LogP contribution in [0.15, 0.2) is 36.4 Å². The molecule has 5 nitrogen and oxygen atoms in total. The van der Waals surface area contributed by atoms with Gasteiger partial charge in [-0.15, -0.1) is 0 Å². The number of benzene rings is 2. The molecule has 1 heterocycles. The number of anilines is 2. The molecular formula is C19H22N2O3S. The molecule has 1 N–H and O–H groups in total. The molecule has 0 fully saturated rings. The van der Waals surface area contributed by atoms with Crippen LogP contribution in [0.4, 0.5) is 11.4 Å². The van der Waals surface area contributed by atoms with Gasteiger partial charge in [0, 0.05) is 17.8 Å². The second kappa shape index (κ2) is 6.52. The number of carbonyl (C=O) groups is 1. The van der Waals surface area contributed by atoms with Crippen molar-refractivity contribution in [2.45, 2.75) is 26.7 Å². The van der Waals surface area contributed by atoms with Crippen LogP contribution in [-0.4, -0.2) is 27.1 Å². The van der Waals surface area contributed by atoms with Crippen molar-refractivity contribution < 1.29 is 13.2 Å². The first-order valence-corrected chi connectivity index (χ1v) is 10.1. The standard InChI is InChI=1S/C19H22N2O3S/c1-13-9-14(2)11-17(10-13)20-19(22)16-6-7-18-15(12-16)5-4-8-21(18)25(3,23)24/h6-7,9-12H,4-5,8H2,1-3H3,(H,20,22). The summed E-state index contributed by atoms with van der Waals surface area (Å²) in [5, 5.41) is 2.92. The highest BCUT2D eigenvalue weighted by Gasteiger charge is 2.24. The van der Waals surface area contributed by atoms with Gasteiger partial charge in [-0.3, -0.25) is 9.10 Å². The zero-order valence-electron chi connectivity index (χ0n) is 14.7. The van der Waals surface area contributed by atoms with Gasteiger partial charge in [0.25, 0.3) is 5.91 Å². The van der Waals surface area contributed by atoms with E-state index in [4.69, 9.17) is 0 Å². The van der Waals surface area contributed by atoms with E-state index in [0.29, 0.717) is 17.8 Å². The zero-order valence-corrected chi connectivity index (χ0v) is 15.5. The van der Waals surface area contributed by atoms with Crippen LogP contribution in [0.25, 0.3) is 0 Å². The van der Waals surface area contributed by atoms with E-state index < -0.39 is 10.0 Å². The quantitative estimate of drug-likeness (QED) is 0.916. The zero-order chi connectivity index (χ0) is 18.2. The second-order valence-electron chi connectivity index (χ2n) is 6.61. The summed E-state index contributed by atoms with van der Waals surface area (Å²) in [6.07, 6.45) is 2.73. The fourth-order valence-corrected chi connectivity index (χ4v) is 4.29. The predicted molar refractivity (Wildman–Crippen MR) is 101 cm³/mol. The van der Waals surface area contributed by atoms with E-state index in [2.05, 4.69) is 5.32 Å². The van der Waals surface area contributed by atoms with Gasteiger partial charge in [0.2, 0.25) is 10.0 Å². The normalized spacial score (nSPS) is 14.1. The predicted octanol–water partition coefficient (Wildman–Crippen LogP) is 3.27. The van der Waals surface area contributed by atoms with Crippen LogP contribution in [0.1, 0.15) is 33.5 Å². The second-order valence-corrected chi connectivity index (χ2v) is 8.52. The van der Waals surface area contributed by atoms with Crippen LogP contribution in [0, 0.1) is 13.8 Å². The molecule has 0 spiro atoms.